The van der Waals surface area contributed by atoms with Crippen molar-refractivity contribution >= 4 is 36.3 Å². The summed E-state index contributed by atoms with van der Waals surface area (Å²) in [6.45, 7) is 2.07. The maximum atomic E-state index is 4.32. The van der Waals surface area contributed by atoms with Gasteiger partial charge in [0.25, 0.3) is 0 Å². The molecule has 3 nitrogen and oxygen atoms in total. The smallest absolute Gasteiger partial charge is 0.145 e. The van der Waals surface area contributed by atoms with Gasteiger partial charge in [0, 0.05) is 13.2 Å². The molecule has 0 aliphatic heterocycles. The topological polar surface area (TPSA) is 29.3 Å². The van der Waals surface area contributed by atoms with Crippen LogP contribution in [0.4, 0.5) is 5.82 Å². The number of aromatic nitrogens is 2. The number of pyridine rings is 1. The van der Waals surface area contributed by atoms with E-state index in [1.54, 1.807) is 0 Å². The number of imidazole rings is 1. The molecule has 0 fully saturated rings. The van der Waals surface area contributed by atoms with Gasteiger partial charge >= 0.3 is 0 Å². The van der Waals surface area contributed by atoms with Gasteiger partial charge in [-0.3, -0.25) is 0 Å². The molecule has 0 aromatic carbocycles. The number of fused-ring (bicyclic) bond motifs is 1. The van der Waals surface area contributed by atoms with Crippen molar-refractivity contribution in [3.63, 3.8) is 0 Å². The third-order valence-electron chi connectivity index (χ3n) is 1.86. The molecule has 0 radical (unpaired) electrons. The molecule has 2 rings (SSSR count). The van der Waals surface area contributed by atoms with Crippen molar-refractivity contribution in [3.8, 4) is 0 Å². The van der Waals surface area contributed by atoms with Crippen molar-refractivity contribution in [3.05, 3.63) is 30.1 Å². The van der Waals surface area contributed by atoms with E-state index < -0.39 is 0 Å². The zero-order valence-corrected chi connectivity index (χ0v) is 9.65. The van der Waals surface area contributed by atoms with Gasteiger partial charge in [0.1, 0.15) is 11.5 Å². The van der Waals surface area contributed by atoms with Crippen LogP contribution in [0.5, 0.6) is 0 Å². The summed E-state index contributed by atoms with van der Waals surface area (Å²) in [5.74, 6) is 0.903. The molecule has 14 heavy (non-hydrogen) atoms. The highest BCUT2D eigenvalue weighted by Gasteiger charge is 1.97. The lowest BCUT2D eigenvalue weighted by Gasteiger charge is -1.92. The van der Waals surface area contributed by atoms with E-state index in [2.05, 4.69) is 29.5 Å². The molecule has 0 aliphatic carbocycles. The standard InChI is InChI=1S/C9H11N3.2ClH/c1-7-3-4-9-11-8(10-2)6-12(9)5-7;;/h3-6,10H,1-2H3;2*1H. The fourth-order valence-corrected chi connectivity index (χ4v) is 1.22. The SMILES string of the molecule is CNc1cn2cc(C)ccc2n1.Cl.Cl. The van der Waals surface area contributed by atoms with Crippen LogP contribution in [-0.2, 0) is 0 Å². The molecule has 0 spiro atoms. The normalized spacial score (nSPS) is 9.00. The Hall–Kier alpha value is -0.930. The van der Waals surface area contributed by atoms with Crippen LogP contribution in [0.1, 0.15) is 5.56 Å². The van der Waals surface area contributed by atoms with Gasteiger partial charge in [-0.05, 0) is 18.6 Å². The molecule has 78 valence electrons. The molecule has 2 aromatic rings. The Kier molecular flexibility index (Phi) is 4.74. The lowest BCUT2D eigenvalue weighted by Crippen LogP contribution is -1.85. The molecule has 0 amide bonds. The molecular weight excluding hydrogens is 221 g/mol. The Balaban J connectivity index is 0.000000845. The highest BCUT2D eigenvalue weighted by Crippen LogP contribution is 2.09. The zero-order valence-electron chi connectivity index (χ0n) is 8.02. The monoisotopic (exact) mass is 233 g/mol. The zero-order chi connectivity index (χ0) is 8.55. The van der Waals surface area contributed by atoms with Gasteiger partial charge in [-0.25, -0.2) is 4.98 Å². The first-order valence-corrected chi connectivity index (χ1v) is 3.93. The molecule has 0 saturated heterocycles. The number of rotatable bonds is 1. The Labute approximate surface area is 95.4 Å². The predicted octanol–water partition coefficient (Wildman–Crippen LogP) is 2.53. The van der Waals surface area contributed by atoms with Crippen LogP contribution in [0, 0.1) is 6.92 Å². The minimum Gasteiger partial charge on any atom is -0.372 e. The van der Waals surface area contributed by atoms with Crippen LogP contribution in [0.3, 0.4) is 0 Å². The van der Waals surface area contributed by atoms with Gasteiger partial charge < -0.3 is 9.72 Å². The van der Waals surface area contributed by atoms with E-state index in [-0.39, 0.29) is 24.8 Å². The molecule has 0 aliphatic rings. The Bertz CT molecular complexity index is 411. The fourth-order valence-electron chi connectivity index (χ4n) is 1.22. The molecule has 0 atom stereocenters. The fraction of sp³-hybridized carbons (Fsp3) is 0.222. The second-order valence-electron chi connectivity index (χ2n) is 2.85. The first-order valence-electron chi connectivity index (χ1n) is 3.93. The third kappa shape index (κ3) is 2.30. The van der Waals surface area contributed by atoms with Crippen LogP contribution >= 0.6 is 24.8 Å². The van der Waals surface area contributed by atoms with E-state index in [1.807, 2.05) is 23.7 Å². The van der Waals surface area contributed by atoms with Gasteiger partial charge in [-0.1, -0.05) is 6.07 Å². The Morgan fingerprint density at radius 1 is 1.21 bits per heavy atom. The molecule has 1 N–H and O–H groups in total. The summed E-state index contributed by atoms with van der Waals surface area (Å²) in [4.78, 5) is 4.32. The molecule has 0 bridgehead atoms. The average Bonchev–Trinajstić information content (AvgIpc) is 2.46. The van der Waals surface area contributed by atoms with Gasteiger partial charge in [-0.15, -0.1) is 24.8 Å². The summed E-state index contributed by atoms with van der Waals surface area (Å²) in [5.41, 5.74) is 2.22. The maximum absolute atomic E-state index is 4.32. The first kappa shape index (κ1) is 13.1. The van der Waals surface area contributed by atoms with Crippen LogP contribution in [0.2, 0.25) is 0 Å². The average molecular weight is 234 g/mol. The summed E-state index contributed by atoms with van der Waals surface area (Å²) >= 11 is 0. The summed E-state index contributed by atoms with van der Waals surface area (Å²) in [7, 11) is 1.87. The van der Waals surface area contributed by atoms with Crippen LogP contribution < -0.4 is 5.32 Å². The molecule has 2 heterocycles. The van der Waals surface area contributed by atoms with Crippen LogP contribution in [0.15, 0.2) is 24.5 Å². The molecule has 5 heteroatoms. The Morgan fingerprint density at radius 3 is 2.57 bits per heavy atom. The van der Waals surface area contributed by atoms with Gasteiger partial charge in [-0.2, -0.15) is 0 Å². The summed E-state index contributed by atoms with van der Waals surface area (Å²) in [5, 5.41) is 3.00. The summed E-state index contributed by atoms with van der Waals surface area (Å²) < 4.78 is 2.02. The van der Waals surface area contributed by atoms with E-state index in [4.69, 9.17) is 0 Å². The molecular formula is C9H13Cl2N3. The lowest BCUT2D eigenvalue weighted by molar-refractivity contribution is 1.16. The number of aryl methyl sites for hydroxylation is 1. The predicted molar refractivity (Wildman–Crippen MR) is 64.0 cm³/mol. The van der Waals surface area contributed by atoms with Crippen LogP contribution in [-0.4, -0.2) is 16.4 Å². The second kappa shape index (κ2) is 5.08. The van der Waals surface area contributed by atoms with Crippen molar-refractivity contribution in [2.24, 2.45) is 0 Å². The highest BCUT2D eigenvalue weighted by atomic mass is 35.5. The van der Waals surface area contributed by atoms with E-state index >= 15 is 0 Å². The minimum absolute atomic E-state index is 0. The van der Waals surface area contributed by atoms with E-state index in [0.717, 1.165) is 11.5 Å². The van der Waals surface area contributed by atoms with Crippen molar-refractivity contribution in [2.45, 2.75) is 6.92 Å². The van der Waals surface area contributed by atoms with Crippen molar-refractivity contribution < 1.29 is 0 Å². The van der Waals surface area contributed by atoms with Gasteiger partial charge in [0.2, 0.25) is 0 Å². The van der Waals surface area contributed by atoms with Crippen molar-refractivity contribution in [1.29, 1.82) is 0 Å². The van der Waals surface area contributed by atoms with E-state index in [9.17, 15) is 0 Å². The summed E-state index contributed by atoms with van der Waals surface area (Å²) in [6, 6.07) is 4.07. The number of nitrogens with zero attached hydrogens (tertiary/aromatic N) is 2. The number of nitrogens with one attached hydrogen (secondary N) is 1. The highest BCUT2D eigenvalue weighted by molar-refractivity contribution is 5.85. The number of halogens is 2. The number of anilines is 1. The Morgan fingerprint density at radius 2 is 1.93 bits per heavy atom. The van der Waals surface area contributed by atoms with Gasteiger partial charge in [0.05, 0.1) is 6.20 Å². The molecule has 0 unspecified atom stereocenters. The van der Waals surface area contributed by atoms with Crippen molar-refractivity contribution in [1.82, 2.24) is 9.38 Å². The largest absolute Gasteiger partial charge is 0.372 e. The summed E-state index contributed by atoms with van der Waals surface area (Å²) in [6.07, 6.45) is 4.03. The lowest BCUT2D eigenvalue weighted by atomic mass is 10.3. The first-order chi connectivity index (χ1) is 5.79. The minimum atomic E-state index is 0. The quantitative estimate of drug-likeness (QED) is 0.821. The van der Waals surface area contributed by atoms with Gasteiger partial charge in [0.15, 0.2) is 0 Å². The van der Waals surface area contributed by atoms with Crippen molar-refractivity contribution in [2.75, 3.05) is 12.4 Å². The number of hydrogen-bond donors (Lipinski definition) is 1. The maximum Gasteiger partial charge on any atom is 0.145 e. The second-order valence-corrected chi connectivity index (χ2v) is 2.85. The molecule has 0 saturated carbocycles. The van der Waals surface area contributed by atoms with Crippen LogP contribution in [0.25, 0.3) is 5.65 Å². The van der Waals surface area contributed by atoms with E-state index in [1.165, 1.54) is 5.56 Å². The van der Waals surface area contributed by atoms with E-state index in [0.29, 0.717) is 0 Å². The molecule has 2 aromatic heterocycles. The third-order valence-corrected chi connectivity index (χ3v) is 1.86. The number of hydrogen-bond acceptors (Lipinski definition) is 2.